The lowest BCUT2D eigenvalue weighted by atomic mass is 9.78. The summed E-state index contributed by atoms with van der Waals surface area (Å²) in [6.07, 6.45) is 4.57. The Morgan fingerprint density at radius 1 is 1.40 bits per heavy atom. The molecule has 0 heterocycles. The Bertz CT molecular complexity index is 317. The summed E-state index contributed by atoms with van der Waals surface area (Å²) in [6, 6.07) is 0. The van der Waals surface area contributed by atoms with Gasteiger partial charge in [-0.2, -0.15) is 0 Å². The number of carbonyl (C=O) groups is 1. The first-order valence-electron chi connectivity index (χ1n) is 5.33. The molecule has 2 rings (SSSR count). The largest absolute Gasteiger partial charge is 0.409 e. The third-order valence-corrected chi connectivity index (χ3v) is 3.66. The van der Waals surface area contributed by atoms with Gasteiger partial charge in [-0.15, -0.1) is 0 Å². The molecule has 2 saturated carbocycles. The predicted molar refractivity (Wildman–Crippen MR) is 55.5 cm³/mol. The van der Waals surface area contributed by atoms with Crippen LogP contribution in [0, 0.1) is 5.41 Å². The van der Waals surface area contributed by atoms with Crippen LogP contribution in [0.5, 0.6) is 0 Å². The summed E-state index contributed by atoms with van der Waals surface area (Å²) in [5.74, 6) is -0.0390. The molecule has 0 atom stereocenters. The summed E-state index contributed by atoms with van der Waals surface area (Å²) in [5.41, 5.74) is 4.75. The monoisotopic (exact) mass is 211 g/mol. The van der Waals surface area contributed by atoms with Crippen molar-refractivity contribution in [1.29, 1.82) is 0 Å². The molecule has 0 radical (unpaired) electrons. The van der Waals surface area contributed by atoms with Crippen molar-refractivity contribution in [3.8, 4) is 0 Å². The van der Waals surface area contributed by atoms with Crippen LogP contribution in [-0.4, -0.2) is 22.5 Å². The lowest BCUT2D eigenvalue weighted by Crippen LogP contribution is -2.55. The normalized spacial score (nSPS) is 26.6. The van der Waals surface area contributed by atoms with Crippen molar-refractivity contribution in [2.45, 2.75) is 44.6 Å². The minimum absolute atomic E-state index is 0.0444. The highest BCUT2D eigenvalue weighted by molar-refractivity contribution is 6.09. The lowest BCUT2D eigenvalue weighted by molar-refractivity contribution is -0.126. The fourth-order valence-corrected chi connectivity index (χ4v) is 2.05. The highest BCUT2D eigenvalue weighted by Crippen LogP contribution is 2.47. The average molecular weight is 211 g/mol. The molecule has 1 amide bonds. The van der Waals surface area contributed by atoms with Crippen LogP contribution in [0.25, 0.3) is 0 Å². The zero-order valence-electron chi connectivity index (χ0n) is 8.92. The van der Waals surface area contributed by atoms with Gasteiger partial charge in [0.05, 0.1) is 0 Å². The van der Waals surface area contributed by atoms with Crippen LogP contribution < -0.4 is 11.1 Å². The van der Waals surface area contributed by atoms with Crippen molar-refractivity contribution in [1.82, 2.24) is 5.32 Å². The number of nitrogens with one attached hydrogen (secondary N) is 1. The second-order valence-corrected chi connectivity index (χ2v) is 4.94. The highest BCUT2D eigenvalue weighted by Gasteiger charge is 2.55. The van der Waals surface area contributed by atoms with E-state index in [-0.39, 0.29) is 17.3 Å². The topological polar surface area (TPSA) is 87.7 Å². The standard InChI is InChI=1S/C10H17N3O2/c1-9(3-2-4-9)12-8(14)10(5-6-10)7(11)13-15/h15H,2-6H2,1H3,(H2,11,13)(H,12,14). The van der Waals surface area contributed by atoms with Crippen LogP contribution in [0.2, 0.25) is 0 Å². The van der Waals surface area contributed by atoms with Crippen LogP contribution in [0.1, 0.15) is 39.0 Å². The summed E-state index contributed by atoms with van der Waals surface area (Å²) in [7, 11) is 0. The van der Waals surface area contributed by atoms with E-state index in [2.05, 4.69) is 10.5 Å². The summed E-state index contributed by atoms with van der Waals surface area (Å²) >= 11 is 0. The molecule has 0 unspecified atom stereocenters. The number of nitrogens with zero attached hydrogens (tertiary/aromatic N) is 1. The number of hydrogen-bond acceptors (Lipinski definition) is 3. The Morgan fingerprint density at radius 3 is 2.33 bits per heavy atom. The van der Waals surface area contributed by atoms with E-state index in [1.165, 1.54) is 0 Å². The molecule has 0 saturated heterocycles. The SMILES string of the molecule is CC1(NC(=O)C2(C(N)=NO)CC2)CCC1. The van der Waals surface area contributed by atoms with Crippen molar-refractivity contribution in [3.05, 3.63) is 0 Å². The molecule has 4 N–H and O–H groups in total. The van der Waals surface area contributed by atoms with Crippen LogP contribution in [0.15, 0.2) is 5.16 Å². The zero-order chi connectivity index (χ0) is 11.1. The van der Waals surface area contributed by atoms with Crippen LogP contribution in [0.3, 0.4) is 0 Å². The summed E-state index contributed by atoms with van der Waals surface area (Å²) in [5, 5.41) is 14.6. The van der Waals surface area contributed by atoms with Gasteiger partial charge in [0.15, 0.2) is 5.84 Å². The van der Waals surface area contributed by atoms with E-state index in [0.29, 0.717) is 12.8 Å². The molecule has 2 fully saturated rings. The number of amides is 1. The summed E-state index contributed by atoms with van der Waals surface area (Å²) in [6.45, 7) is 2.04. The average Bonchev–Trinajstić information content (AvgIpc) is 2.95. The Hall–Kier alpha value is -1.26. The van der Waals surface area contributed by atoms with Gasteiger partial charge in [0, 0.05) is 5.54 Å². The van der Waals surface area contributed by atoms with Crippen molar-refractivity contribution >= 4 is 11.7 Å². The minimum Gasteiger partial charge on any atom is -0.409 e. The molecule has 0 bridgehead atoms. The second-order valence-electron chi connectivity index (χ2n) is 4.94. The van der Waals surface area contributed by atoms with Gasteiger partial charge in [-0.25, -0.2) is 0 Å². The molecule has 0 spiro atoms. The van der Waals surface area contributed by atoms with Crippen molar-refractivity contribution in [3.63, 3.8) is 0 Å². The van der Waals surface area contributed by atoms with Gasteiger partial charge in [-0.05, 0) is 39.0 Å². The second kappa shape index (κ2) is 3.12. The molecule has 2 aliphatic rings. The van der Waals surface area contributed by atoms with Gasteiger partial charge < -0.3 is 16.3 Å². The highest BCUT2D eigenvalue weighted by atomic mass is 16.4. The van der Waals surface area contributed by atoms with E-state index >= 15 is 0 Å². The first kappa shape index (κ1) is 10.3. The van der Waals surface area contributed by atoms with Crippen molar-refractivity contribution < 1.29 is 10.0 Å². The number of rotatable bonds is 3. The molecule has 0 aliphatic heterocycles. The number of carbonyl (C=O) groups excluding carboxylic acids is 1. The zero-order valence-corrected chi connectivity index (χ0v) is 8.92. The van der Waals surface area contributed by atoms with Gasteiger partial charge in [-0.1, -0.05) is 5.16 Å². The number of nitrogens with two attached hydrogens (primary N) is 1. The Labute approximate surface area is 88.7 Å². The molecule has 5 heteroatoms. The first-order chi connectivity index (χ1) is 7.02. The van der Waals surface area contributed by atoms with E-state index in [1.54, 1.807) is 0 Å². The van der Waals surface area contributed by atoms with E-state index < -0.39 is 5.41 Å². The van der Waals surface area contributed by atoms with Gasteiger partial charge in [0.1, 0.15) is 5.41 Å². The van der Waals surface area contributed by atoms with Crippen molar-refractivity contribution in [2.24, 2.45) is 16.3 Å². The molecule has 84 valence electrons. The molecule has 0 aromatic rings. The number of hydrogen-bond donors (Lipinski definition) is 3. The van der Waals surface area contributed by atoms with E-state index in [1.807, 2.05) is 6.92 Å². The fraction of sp³-hybridized carbons (Fsp3) is 0.800. The van der Waals surface area contributed by atoms with Gasteiger partial charge >= 0.3 is 0 Å². The maximum atomic E-state index is 12.0. The number of amidine groups is 1. The van der Waals surface area contributed by atoms with E-state index in [4.69, 9.17) is 10.9 Å². The molecule has 15 heavy (non-hydrogen) atoms. The Morgan fingerprint density at radius 2 is 2.00 bits per heavy atom. The Balaban J connectivity index is 2.02. The van der Waals surface area contributed by atoms with Gasteiger partial charge in [0.25, 0.3) is 0 Å². The third-order valence-electron chi connectivity index (χ3n) is 3.66. The molecule has 0 aromatic heterocycles. The molecule has 2 aliphatic carbocycles. The quantitative estimate of drug-likeness (QED) is 0.276. The maximum Gasteiger partial charge on any atom is 0.234 e. The van der Waals surface area contributed by atoms with Crippen LogP contribution in [-0.2, 0) is 4.79 Å². The molecular formula is C10H17N3O2. The number of oxime groups is 1. The summed E-state index contributed by atoms with van der Waals surface area (Å²) in [4.78, 5) is 12.0. The maximum absolute atomic E-state index is 12.0. The third kappa shape index (κ3) is 1.56. The Kier molecular flexibility index (Phi) is 2.13. The molecule has 5 nitrogen and oxygen atoms in total. The van der Waals surface area contributed by atoms with Gasteiger partial charge in [-0.3, -0.25) is 4.79 Å². The van der Waals surface area contributed by atoms with Crippen molar-refractivity contribution in [2.75, 3.05) is 0 Å². The fourth-order valence-electron chi connectivity index (χ4n) is 2.05. The van der Waals surface area contributed by atoms with E-state index in [0.717, 1.165) is 19.3 Å². The molecular weight excluding hydrogens is 194 g/mol. The first-order valence-corrected chi connectivity index (χ1v) is 5.33. The molecule has 0 aromatic carbocycles. The van der Waals surface area contributed by atoms with Crippen LogP contribution >= 0.6 is 0 Å². The minimum atomic E-state index is -0.715. The lowest BCUT2D eigenvalue weighted by Gasteiger charge is -2.40. The smallest absolute Gasteiger partial charge is 0.234 e. The summed E-state index contributed by atoms with van der Waals surface area (Å²) < 4.78 is 0. The van der Waals surface area contributed by atoms with Crippen LogP contribution in [0.4, 0.5) is 0 Å². The predicted octanol–water partition coefficient (Wildman–Crippen LogP) is 0.572. The van der Waals surface area contributed by atoms with E-state index in [9.17, 15) is 4.79 Å². The van der Waals surface area contributed by atoms with Gasteiger partial charge in [0.2, 0.25) is 5.91 Å².